The van der Waals surface area contributed by atoms with Crippen LogP contribution >= 0.6 is 40.2 Å². The zero-order valence-electron chi connectivity index (χ0n) is 12.6. The zero-order chi connectivity index (χ0) is 15.8. The molecular weight excluding hydrogens is 370 g/mol. The molecule has 0 bridgehead atoms. The third-order valence-electron chi connectivity index (χ3n) is 4.03. The van der Waals surface area contributed by atoms with Gasteiger partial charge in [0.1, 0.15) is 0 Å². The maximum atomic E-state index is 6.07. The van der Waals surface area contributed by atoms with Crippen LogP contribution in [-0.2, 0) is 9.31 Å². The second-order valence-electron chi connectivity index (χ2n) is 6.14. The smallest absolute Gasteiger partial charge is 0.400 e. The third-order valence-corrected chi connectivity index (χ3v) is 5.61. The number of halogens is 2. The van der Waals surface area contributed by atoms with Crippen molar-refractivity contribution in [2.75, 3.05) is 5.75 Å². The maximum Gasteiger partial charge on any atom is 0.491 e. The molecule has 1 saturated heterocycles. The summed E-state index contributed by atoms with van der Waals surface area (Å²) in [7, 11) is -0.373. The van der Waals surface area contributed by atoms with Crippen LogP contribution in [0.4, 0.5) is 0 Å². The molecule has 0 radical (unpaired) electrons. The van der Waals surface area contributed by atoms with E-state index in [0.717, 1.165) is 15.5 Å². The van der Waals surface area contributed by atoms with E-state index in [2.05, 4.69) is 28.6 Å². The molecule has 1 heterocycles. The van der Waals surface area contributed by atoms with E-state index in [1.807, 2.05) is 52.0 Å². The molecule has 0 aromatic heterocycles. The van der Waals surface area contributed by atoms with Crippen molar-refractivity contribution in [1.82, 2.24) is 0 Å². The summed E-state index contributed by atoms with van der Waals surface area (Å²) in [5.41, 5.74) is 1.33. The van der Waals surface area contributed by atoms with Crippen LogP contribution in [0.1, 0.15) is 33.3 Å². The van der Waals surface area contributed by atoms with Crippen molar-refractivity contribution in [3.05, 3.63) is 38.7 Å². The highest BCUT2D eigenvalue weighted by atomic mass is 79.9. The Hall–Kier alpha value is 0.0649. The summed E-state index contributed by atoms with van der Waals surface area (Å²) in [4.78, 5) is 0. The molecule has 0 atom stereocenters. The fraction of sp³-hybridized carbons (Fsp3) is 0.467. The molecule has 0 N–H and O–H groups in total. The van der Waals surface area contributed by atoms with Crippen molar-refractivity contribution in [3.8, 4) is 0 Å². The van der Waals surface area contributed by atoms with Crippen molar-refractivity contribution in [2.45, 2.75) is 38.9 Å². The van der Waals surface area contributed by atoms with Gasteiger partial charge in [-0.2, -0.15) is 12.6 Å². The summed E-state index contributed by atoms with van der Waals surface area (Å²) in [5.74, 6) is 0.567. The average Bonchev–Trinajstić information content (AvgIpc) is 2.59. The van der Waals surface area contributed by atoms with E-state index in [0.29, 0.717) is 10.8 Å². The number of rotatable bonds is 3. The third kappa shape index (κ3) is 3.70. The summed E-state index contributed by atoms with van der Waals surface area (Å²) < 4.78 is 13.0. The van der Waals surface area contributed by atoms with E-state index in [1.54, 1.807) is 0 Å². The lowest BCUT2D eigenvalue weighted by atomic mass is 9.78. The van der Waals surface area contributed by atoms with E-state index in [9.17, 15) is 0 Å². The summed E-state index contributed by atoms with van der Waals surface area (Å²) in [6, 6.07) is 5.79. The highest BCUT2D eigenvalue weighted by Crippen LogP contribution is 2.39. The van der Waals surface area contributed by atoms with Gasteiger partial charge in [-0.15, -0.1) is 0 Å². The van der Waals surface area contributed by atoms with Crippen molar-refractivity contribution >= 4 is 53.4 Å². The minimum absolute atomic E-state index is 0.347. The standard InChI is InChI=1S/C15H19BBrClO2S/c1-14(2)15(3,4)20-16(19-14)11(9-21)7-10-5-6-13(18)12(17)8-10/h5-8,21H,9H2,1-4H3. The van der Waals surface area contributed by atoms with Gasteiger partial charge < -0.3 is 9.31 Å². The van der Waals surface area contributed by atoms with Gasteiger partial charge in [0, 0.05) is 10.2 Å². The molecule has 0 unspecified atom stereocenters. The van der Waals surface area contributed by atoms with Gasteiger partial charge in [-0.3, -0.25) is 0 Å². The van der Waals surface area contributed by atoms with Crippen LogP contribution in [0, 0.1) is 0 Å². The summed E-state index contributed by atoms with van der Waals surface area (Å²) in [6.07, 6.45) is 2.04. The Kier molecular flexibility index (Phi) is 5.21. The molecule has 0 aliphatic carbocycles. The second-order valence-corrected chi connectivity index (χ2v) is 7.72. The summed E-state index contributed by atoms with van der Waals surface area (Å²) >= 11 is 13.9. The highest BCUT2D eigenvalue weighted by molar-refractivity contribution is 9.10. The van der Waals surface area contributed by atoms with E-state index >= 15 is 0 Å². The van der Waals surface area contributed by atoms with Crippen LogP contribution in [0.15, 0.2) is 28.1 Å². The lowest BCUT2D eigenvalue weighted by Crippen LogP contribution is -2.41. The van der Waals surface area contributed by atoms with Gasteiger partial charge in [0.05, 0.1) is 16.2 Å². The van der Waals surface area contributed by atoms with E-state index in [-0.39, 0.29) is 18.3 Å². The Morgan fingerprint density at radius 3 is 2.33 bits per heavy atom. The van der Waals surface area contributed by atoms with Gasteiger partial charge in [-0.25, -0.2) is 0 Å². The number of hydrogen-bond donors (Lipinski definition) is 1. The lowest BCUT2D eigenvalue weighted by Gasteiger charge is -2.32. The molecular formula is C15H19BBrClO2S. The van der Waals surface area contributed by atoms with Gasteiger partial charge in [0.15, 0.2) is 0 Å². The average molecular weight is 390 g/mol. The van der Waals surface area contributed by atoms with Gasteiger partial charge in [-0.1, -0.05) is 23.7 Å². The highest BCUT2D eigenvalue weighted by Gasteiger charge is 2.52. The molecule has 1 fully saturated rings. The first-order chi connectivity index (χ1) is 9.66. The zero-order valence-corrected chi connectivity index (χ0v) is 15.8. The quantitative estimate of drug-likeness (QED) is 0.576. The molecule has 1 aliphatic heterocycles. The van der Waals surface area contributed by atoms with Gasteiger partial charge in [0.25, 0.3) is 0 Å². The van der Waals surface area contributed by atoms with Gasteiger partial charge >= 0.3 is 7.12 Å². The fourth-order valence-electron chi connectivity index (χ4n) is 2.00. The fourth-order valence-corrected chi connectivity index (χ4v) is 2.75. The molecule has 0 spiro atoms. The molecule has 6 heteroatoms. The normalized spacial score (nSPS) is 20.9. The first kappa shape index (κ1) is 17.4. The van der Waals surface area contributed by atoms with E-state index in [1.165, 1.54) is 0 Å². The molecule has 1 aliphatic rings. The minimum atomic E-state index is -0.373. The van der Waals surface area contributed by atoms with Crippen LogP contribution in [0.5, 0.6) is 0 Å². The molecule has 2 rings (SSSR count). The Morgan fingerprint density at radius 2 is 1.86 bits per heavy atom. The summed E-state index contributed by atoms with van der Waals surface area (Å²) in [5, 5.41) is 0.690. The lowest BCUT2D eigenvalue weighted by molar-refractivity contribution is 0.00578. The van der Waals surface area contributed by atoms with E-state index < -0.39 is 0 Å². The molecule has 2 nitrogen and oxygen atoms in total. The van der Waals surface area contributed by atoms with E-state index in [4.69, 9.17) is 20.9 Å². The van der Waals surface area contributed by atoms with Gasteiger partial charge in [0.2, 0.25) is 0 Å². The van der Waals surface area contributed by atoms with Crippen LogP contribution in [0.3, 0.4) is 0 Å². The molecule has 1 aromatic rings. The molecule has 0 saturated carbocycles. The predicted octanol–water partition coefficient (Wildman–Crippen LogP) is 5.05. The van der Waals surface area contributed by atoms with Crippen molar-refractivity contribution < 1.29 is 9.31 Å². The molecule has 1 aromatic carbocycles. The Labute approximate surface area is 145 Å². The number of hydrogen-bond acceptors (Lipinski definition) is 3. The maximum absolute atomic E-state index is 6.07. The SMILES string of the molecule is CC1(C)OB(C(=Cc2ccc(Cl)c(Br)c2)CS)OC1(C)C. The molecule has 21 heavy (non-hydrogen) atoms. The number of thiol groups is 1. The monoisotopic (exact) mass is 388 g/mol. The topological polar surface area (TPSA) is 18.5 Å². The van der Waals surface area contributed by atoms with Crippen LogP contribution in [-0.4, -0.2) is 24.1 Å². The summed E-state index contributed by atoms with van der Waals surface area (Å²) in [6.45, 7) is 8.17. The Morgan fingerprint density at radius 1 is 1.29 bits per heavy atom. The van der Waals surface area contributed by atoms with Crippen molar-refractivity contribution in [2.24, 2.45) is 0 Å². The Bertz CT molecular complexity index is 559. The predicted molar refractivity (Wildman–Crippen MR) is 97.1 cm³/mol. The molecule has 0 amide bonds. The van der Waals surface area contributed by atoms with Crippen LogP contribution in [0.25, 0.3) is 6.08 Å². The van der Waals surface area contributed by atoms with Crippen LogP contribution in [0.2, 0.25) is 5.02 Å². The first-order valence-electron chi connectivity index (χ1n) is 6.78. The van der Waals surface area contributed by atoms with Gasteiger partial charge in [-0.05, 0) is 66.8 Å². The first-order valence-corrected chi connectivity index (χ1v) is 8.58. The van der Waals surface area contributed by atoms with Crippen LogP contribution < -0.4 is 0 Å². The number of benzene rings is 1. The van der Waals surface area contributed by atoms with Crippen molar-refractivity contribution in [3.63, 3.8) is 0 Å². The largest absolute Gasteiger partial charge is 0.491 e. The minimum Gasteiger partial charge on any atom is -0.400 e. The molecule has 114 valence electrons. The Balaban J connectivity index is 2.28. The van der Waals surface area contributed by atoms with Crippen molar-refractivity contribution in [1.29, 1.82) is 0 Å². The second kappa shape index (κ2) is 6.28.